The average Bonchev–Trinajstić information content (AvgIpc) is 3.42. The van der Waals surface area contributed by atoms with Crippen molar-refractivity contribution in [1.82, 2.24) is 9.97 Å². The lowest BCUT2D eigenvalue weighted by Crippen LogP contribution is -2.18. The maximum atomic E-state index is 12.6. The van der Waals surface area contributed by atoms with Crippen LogP contribution in [0.3, 0.4) is 0 Å². The van der Waals surface area contributed by atoms with E-state index in [2.05, 4.69) is 9.97 Å². The quantitative estimate of drug-likeness (QED) is 0.646. The fourth-order valence-electron chi connectivity index (χ4n) is 4.94. The smallest absolute Gasteiger partial charge is 0.306 e. The van der Waals surface area contributed by atoms with Gasteiger partial charge in [-0.25, -0.2) is 4.98 Å². The summed E-state index contributed by atoms with van der Waals surface area (Å²) in [5.41, 5.74) is 1.68. The second-order valence-corrected chi connectivity index (χ2v) is 8.87. The highest BCUT2D eigenvalue weighted by atomic mass is 32.1. The summed E-state index contributed by atoms with van der Waals surface area (Å²) in [5.74, 6) is 2.22. The normalized spacial score (nSPS) is 23.4. The highest BCUT2D eigenvalue weighted by molar-refractivity contribution is 7.17. The van der Waals surface area contributed by atoms with Gasteiger partial charge in [-0.05, 0) is 42.6 Å². The number of aromatic amines is 1. The summed E-state index contributed by atoms with van der Waals surface area (Å²) in [6.07, 6.45) is 5.53. The number of H-pyrrole nitrogens is 1. The first-order chi connectivity index (χ1) is 13.7. The second-order valence-electron chi connectivity index (χ2n) is 8.01. The molecule has 0 saturated heterocycles. The monoisotopic (exact) mass is 394 g/mol. The van der Waals surface area contributed by atoms with Gasteiger partial charge in [-0.15, -0.1) is 11.3 Å². The van der Waals surface area contributed by atoms with Crippen molar-refractivity contribution in [3.05, 3.63) is 51.9 Å². The number of aromatic nitrogens is 2. The van der Waals surface area contributed by atoms with E-state index in [1.807, 2.05) is 35.7 Å². The molecule has 2 aliphatic rings. The van der Waals surface area contributed by atoms with E-state index in [4.69, 9.17) is 4.74 Å². The largest absolute Gasteiger partial charge is 0.458 e. The van der Waals surface area contributed by atoms with Crippen molar-refractivity contribution < 1.29 is 9.53 Å². The van der Waals surface area contributed by atoms with E-state index in [1.165, 1.54) is 30.6 Å². The topological polar surface area (TPSA) is 72.0 Å². The number of carbonyl (C=O) groups is 1. The minimum absolute atomic E-state index is 0.0173. The van der Waals surface area contributed by atoms with Crippen molar-refractivity contribution in [2.75, 3.05) is 0 Å². The third kappa shape index (κ3) is 3.26. The zero-order chi connectivity index (χ0) is 19.1. The highest BCUT2D eigenvalue weighted by Crippen LogP contribution is 2.49. The number of fused-ring (bicyclic) bond motifs is 3. The number of ether oxygens (including phenoxy) is 1. The molecule has 0 unspecified atom stereocenters. The number of benzene rings is 1. The van der Waals surface area contributed by atoms with Gasteiger partial charge in [-0.3, -0.25) is 9.59 Å². The number of thiophene rings is 1. The van der Waals surface area contributed by atoms with E-state index in [0.717, 1.165) is 23.5 Å². The molecular formula is C22H22N2O3S. The van der Waals surface area contributed by atoms with Crippen LogP contribution in [-0.4, -0.2) is 15.9 Å². The Morgan fingerprint density at radius 2 is 2.07 bits per heavy atom. The molecule has 1 aromatic carbocycles. The van der Waals surface area contributed by atoms with Crippen molar-refractivity contribution in [3.63, 3.8) is 0 Å². The van der Waals surface area contributed by atoms with Crippen LogP contribution in [0, 0.1) is 17.8 Å². The summed E-state index contributed by atoms with van der Waals surface area (Å²) in [6, 6.07) is 9.80. The molecule has 5 nitrogen and oxygen atoms in total. The molecular weight excluding hydrogens is 372 g/mol. The lowest BCUT2D eigenvalue weighted by atomic mass is 9.86. The molecule has 6 heteroatoms. The molecule has 0 amide bonds. The van der Waals surface area contributed by atoms with Crippen molar-refractivity contribution in [2.45, 2.75) is 38.7 Å². The molecule has 28 heavy (non-hydrogen) atoms. The Kier molecular flexibility index (Phi) is 4.51. The number of rotatable bonds is 5. The van der Waals surface area contributed by atoms with Crippen LogP contribution in [0.25, 0.3) is 21.3 Å². The van der Waals surface area contributed by atoms with Crippen LogP contribution in [0.1, 0.15) is 37.9 Å². The molecule has 2 heterocycles. The predicted molar refractivity (Wildman–Crippen MR) is 109 cm³/mol. The molecule has 2 aliphatic carbocycles. The summed E-state index contributed by atoms with van der Waals surface area (Å²) < 4.78 is 5.43. The number of nitrogens with one attached hydrogen (secondary N) is 1. The Morgan fingerprint density at radius 1 is 1.21 bits per heavy atom. The molecule has 144 valence electrons. The molecule has 2 aromatic heterocycles. The van der Waals surface area contributed by atoms with Crippen LogP contribution in [0.4, 0.5) is 0 Å². The number of hydrogen-bond donors (Lipinski definition) is 1. The Morgan fingerprint density at radius 3 is 2.82 bits per heavy atom. The molecule has 0 aliphatic heterocycles. The summed E-state index contributed by atoms with van der Waals surface area (Å²) >= 11 is 1.43. The molecule has 0 spiro atoms. The summed E-state index contributed by atoms with van der Waals surface area (Å²) in [5, 5.41) is 2.54. The SMILES string of the molecule is O=C(C[C@H]1C[C@H]2CC[C@@H]1C2)OCc1nc2scc(-c3ccccc3)c2c(=O)[nH]1. The van der Waals surface area contributed by atoms with Gasteiger partial charge < -0.3 is 9.72 Å². The summed E-state index contributed by atoms with van der Waals surface area (Å²) in [7, 11) is 0. The Hall–Kier alpha value is -2.47. The minimum atomic E-state index is -0.191. The average molecular weight is 394 g/mol. The van der Waals surface area contributed by atoms with Crippen LogP contribution < -0.4 is 5.56 Å². The van der Waals surface area contributed by atoms with Gasteiger partial charge >= 0.3 is 5.97 Å². The zero-order valence-electron chi connectivity index (χ0n) is 15.5. The first-order valence-electron chi connectivity index (χ1n) is 9.89. The lowest BCUT2D eigenvalue weighted by molar-refractivity contribution is -0.146. The molecule has 3 aromatic rings. The van der Waals surface area contributed by atoms with Crippen molar-refractivity contribution in [3.8, 4) is 11.1 Å². The molecule has 2 fully saturated rings. The standard InChI is InChI=1S/C22H22N2O3S/c25-19(10-16-9-13-6-7-15(16)8-13)27-11-18-23-21(26)20-17(12-28-22(20)24-18)14-4-2-1-3-5-14/h1-5,12-13,15-16H,6-11H2,(H,23,24,26)/t13-,15+,16+/m0/s1. The van der Waals surface area contributed by atoms with E-state index < -0.39 is 0 Å². The van der Waals surface area contributed by atoms with E-state index in [-0.39, 0.29) is 18.1 Å². The Bertz CT molecular complexity index is 1070. The van der Waals surface area contributed by atoms with E-state index >= 15 is 0 Å². The van der Waals surface area contributed by atoms with Crippen LogP contribution in [0.5, 0.6) is 0 Å². The molecule has 1 N–H and O–H groups in total. The van der Waals surface area contributed by atoms with Gasteiger partial charge in [0.1, 0.15) is 17.3 Å². The third-order valence-corrected chi connectivity index (χ3v) is 7.13. The predicted octanol–water partition coefficient (Wildman–Crippen LogP) is 4.52. The van der Waals surface area contributed by atoms with Crippen molar-refractivity contribution in [2.24, 2.45) is 17.8 Å². The van der Waals surface area contributed by atoms with Crippen LogP contribution >= 0.6 is 11.3 Å². The molecule has 0 radical (unpaired) electrons. The second kappa shape index (κ2) is 7.17. The zero-order valence-corrected chi connectivity index (χ0v) is 16.3. The van der Waals surface area contributed by atoms with Gasteiger partial charge in [0.05, 0.1) is 5.39 Å². The lowest BCUT2D eigenvalue weighted by Gasteiger charge is -2.20. The van der Waals surface area contributed by atoms with Crippen LogP contribution in [0.2, 0.25) is 0 Å². The molecule has 2 bridgehead atoms. The van der Waals surface area contributed by atoms with Gasteiger partial charge in [0.25, 0.3) is 5.56 Å². The van der Waals surface area contributed by atoms with E-state index in [1.54, 1.807) is 0 Å². The Balaban J connectivity index is 1.29. The Labute approximate surface area is 166 Å². The number of hydrogen-bond acceptors (Lipinski definition) is 5. The fraction of sp³-hybridized carbons (Fsp3) is 0.409. The number of nitrogens with zero attached hydrogens (tertiary/aromatic N) is 1. The maximum absolute atomic E-state index is 12.6. The maximum Gasteiger partial charge on any atom is 0.306 e. The van der Waals surface area contributed by atoms with Crippen LogP contribution in [0.15, 0.2) is 40.5 Å². The van der Waals surface area contributed by atoms with Gasteiger partial charge in [-0.1, -0.05) is 36.8 Å². The van der Waals surface area contributed by atoms with Crippen LogP contribution in [-0.2, 0) is 16.1 Å². The van der Waals surface area contributed by atoms with E-state index in [9.17, 15) is 9.59 Å². The number of esters is 1. The van der Waals surface area contributed by atoms with Gasteiger partial charge in [-0.2, -0.15) is 0 Å². The highest BCUT2D eigenvalue weighted by Gasteiger charge is 2.40. The van der Waals surface area contributed by atoms with Crippen molar-refractivity contribution >= 4 is 27.5 Å². The first kappa shape index (κ1) is 17.6. The summed E-state index contributed by atoms with van der Waals surface area (Å²) in [6.45, 7) is 0.0173. The van der Waals surface area contributed by atoms with E-state index in [0.29, 0.717) is 34.3 Å². The third-order valence-electron chi connectivity index (χ3n) is 6.26. The first-order valence-corrected chi connectivity index (χ1v) is 10.8. The number of carbonyl (C=O) groups excluding carboxylic acids is 1. The van der Waals surface area contributed by atoms with Gasteiger partial charge in [0, 0.05) is 17.4 Å². The molecule has 5 rings (SSSR count). The fourth-order valence-corrected chi connectivity index (χ4v) is 5.91. The summed E-state index contributed by atoms with van der Waals surface area (Å²) in [4.78, 5) is 32.8. The van der Waals surface area contributed by atoms with Gasteiger partial charge in [0.15, 0.2) is 0 Å². The molecule has 2 saturated carbocycles. The minimum Gasteiger partial charge on any atom is -0.458 e. The molecule has 3 atom stereocenters. The van der Waals surface area contributed by atoms with Crippen molar-refractivity contribution in [1.29, 1.82) is 0 Å². The van der Waals surface area contributed by atoms with Gasteiger partial charge in [0.2, 0.25) is 0 Å².